The molecule has 1 aromatic carbocycles. The molecule has 1 unspecified atom stereocenters. The van der Waals surface area contributed by atoms with E-state index in [0.717, 1.165) is 0 Å². The molecular weight excluding hydrogens is 263 g/mol. The summed E-state index contributed by atoms with van der Waals surface area (Å²) < 4.78 is 6.49. The van der Waals surface area contributed by atoms with Crippen LogP contribution in [0.25, 0.3) is 0 Å². The maximum atomic E-state index is 5.02. The van der Waals surface area contributed by atoms with E-state index in [9.17, 15) is 0 Å². The summed E-state index contributed by atoms with van der Waals surface area (Å²) in [6.45, 7) is 2.24. The summed E-state index contributed by atoms with van der Waals surface area (Å²) >= 11 is 0.519. The van der Waals surface area contributed by atoms with Gasteiger partial charge in [-0.05, 0) is 0 Å². The minimum atomic E-state index is 0.519. The fourth-order valence-electron chi connectivity index (χ4n) is 1.44. The van der Waals surface area contributed by atoms with Gasteiger partial charge in [0.15, 0.2) is 0 Å². The predicted octanol–water partition coefficient (Wildman–Crippen LogP) is 3.15. The van der Waals surface area contributed by atoms with Crippen molar-refractivity contribution in [1.82, 2.24) is 0 Å². The first kappa shape index (κ1) is 13.3. The van der Waals surface area contributed by atoms with E-state index < -0.39 is 0 Å². The van der Waals surface area contributed by atoms with Crippen molar-refractivity contribution in [2.75, 3.05) is 7.11 Å². The summed E-state index contributed by atoms with van der Waals surface area (Å²) in [5, 5.41) is 0. The van der Waals surface area contributed by atoms with Gasteiger partial charge in [0, 0.05) is 0 Å². The number of benzene rings is 1. The van der Waals surface area contributed by atoms with E-state index in [1.165, 1.54) is 23.7 Å². The summed E-state index contributed by atoms with van der Waals surface area (Å²) in [5.41, 5.74) is 0. The first-order valence-electron chi connectivity index (χ1n) is 5.78. The van der Waals surface area contributed by atoms with Crippen LogP contribution in [-0.2, 0) is 4.74 Å². The van der Waals surface area contributed by atoms with Gasteiger partial charge in [0.2, 0.25) is 0 Å². The van der Waals surface area contributed by atoms with Crippen LogP contribution >= 0.6 is 0 Å². The molecule has 1 atom stereocenters. The van der Waals surface area contributed by atoms with Crippen LogP contribution in [-0.4, -0.2) is 22.1 Å². The molecule has 16 heavy (non-hydrogen) atoms. The van der Waals surface area contributed by atoms with Gasteiger partial charge in [0.25, 0.3) is 0 Å². The van der Waals surface area contributed by atoms with Crippen LogP contribution in [0, 0.1) is 0 Å². The number of unbranched alkanes of at least 4 members (excludes halogenated alkanes) is 1. The first-order chi connectivity index (χ1) is 7.86. The Bertz CT molecular complexity index is 295. The van der Waals surface area contributed by atoms with Gasteiger partial charge in [0.1, 0.15) is 0 Å². The third-order valence-electron chi connectivity index (χ3n) is 2.30. The van der Waals surface area contributed by atoms with Gasteiger partial charge >= 0.3 is 105 Å². The third-order valence-corrected chi connectivity index (χ3v) is 4.90. The molecule has 0 bridgehead atoms. The molecule has 0 radical (unpaired) electrons. The standard InChI is InChI=1S/C14H20OSe/c1-3-4-8-14(11-12-15-2)16-13-9-6-5-7-10-13/h5-7,9-12,14H,3-4,8H2,1-2H3/b12-11+. The first-order valence-corrected chi connectivity index (χ1v) is 7.62. The second kappa shape index (κ2) is 8.43. The monoisotopic (exact) mass is 284 g/mol. The molecule has 0 aliphatic heterocycles. The zero-order valence-electron chi connectivity index (χ0n) is 10.1. The van der Waals surface area contributed by atoms with Crippen LogP contribution in [0.3, 0.4) is 0 Å². The number of methoxy groups -OCH3 is 1. The van der Waals surface area contributed by atoms with Crippen molar-refractivity contribution in [3.63, 3.8) is 0 Å². The number of allylic oxidation sites excluding steroid dienone is 1. The molecule has 0 N–H and O–H groups in total. The Morgan fingerprint density at radius 3 is 2.69 bits per heavy atom. The van der Waals surface area contributed by atoms with Gasteiger partial charge in [-0.3, -0.25) is 0 Å². The Kier molecular flexibility index (Phi) is 7.03. The molecule has 88 valence electrons. The van der Waals surface area contributed by atoms with Crippen molar-refractivity contribution in [2.24, 2.45) is 0 Å². The van der Waals surface area contributed by atoms with Crippen LogP contribution in [0.5, 0.6) is 0 Å². The van der Waals surface area contributed by atoms with Crippen molar-refractivity contribution in [3.8, 4) is 0 Å². The van der Waals surface area contributed by atoms with Crippen molar-refractivity contribution < 1.29 is 4.74 Å². The molecular formula is C14H20OSe. The van der Waals surface area contributed by atoms with E-state index in [2.05, 4.69) is 43.3 Å². The molecule has 0 heterocycles. The summed E-state index contributed by atoms with van der Waals surface area (Å²) in [6, 6.07) is 10.8. The number of hydrogen-bond acceptors (Lipinski definition) is 1. The Morgan fingerprint density at radius 1 is 1.31 bits per heavy atom. The Hall–Kier alpha value is -0.721. The van der Waals surface area contributed by atoms with Crippen molar-refractivity contribution >= 4 is 19.4 Å². The van der Waals surface area contributed by atoms with Crippen molar-refractivity contribution in [1.29, 1.82) is 0 Å². The van der Waals surface area contributed by atoms with Gasteiger partial charge in [-0.25, -0.2) is 0 Å². The van der Waals surface area contributed by atoms with Crippen LogP contribution in [0.1, 0.15) is 26.2 Å². The third kappa shape index (κ3) is 5.39. The molecule has 0 amide bonds. The number of hydrogen-bond donors (Lipinski definition) is 0. The SMILES string of the molecule is CCCCC(/C=C/OC)[Se]c1ccccc1. The molecule has 2 heteroatoms. The second-order valence-electron chi connectivity index (χ2n) is 3.68. The minimum absolute atomic E-state index is 0.519. The Labute approximate surface area is 105 Å². The molecule has 0 spiro atoms. The van der Waals surface area contributed by atoms with Gasteiger partial charge in [-0.15, -0.1) is 0 Å². The fraction of sp³-hybridized carbons (Fsp3) is 0.429. The number of ether oxygens (including phenoxy) is 1. The molecule has 1 nitrogen and oxygen atoms in total. The van der Waals surface area contributed by atoms with Crippen LogP contribution in [0.2, 0.25) is 4.82 Å². The van der Waals surface area contributed by atoms with Gasteiger partial charge in [-0.1, -0.05) is 0 Å². The molecule has 0 fully saturated rings. The summed E-state index contributed by atoms with van der Waals surface area (Å²) in [7, 11) is 1.71. The molecule has 1 aromatic rings. The number of rotatable bonds is 7. The summed E-state index contributed by atoms with van der Waals surface area (Å²) in [4.78, 5) is 0.662. The maximum absolute atomic E-state index is 5.02. The average molecular weight is 283 g/mol. The van der Waals surface area contributed by atoms with E-state index in [0.29, 0.717) is 19.8 Å². The fourth-order valence-corrected chi connectivity index (χ4v) is 3.73. The van der Waals surface area contributed by atoms with E-state index in [-0.39, 0.29) is 0 Å². The van der Waals surface area contributed by atoms with Crippen molar-refractivity contribution in [2.45, 2.75) is 31.0 Å². The zero-order valence-corrected chi connectivity index (χ0v) is 11.8. The van der Waals surface area contributed by atoms with E-state index in [4.69, 9.17) is 4.74 Å². The molecule has 0 aliphatic carbocycles. The second-order valence-corrected chi connectivity index (χ2v) is 6.43. The van der Waals surface area contributed by atoms with Crippen LogP contribution in [0.15, 0.2) is 42.7 Å². The molecule has 0 aliphatic rings. The van der Waals surface area contributed by atoms with E-state index >= 15 is 0 Å². The van der Waals surface area contributed by atoms with Gasteiger partial charge in [-0.2, -0.15) is 0 Å². The summed E-state index contributed by atoms with van der Waals surface area (Å²) in [5.74, 6) is 0. The average Bonchev–Trinajstić information content (AvgIpc) is 2.34. The molecule has 0 saturated carbocycles. The van der Waals surface area contributed by atoms with E-state index in [1.807, 2.05) is 6.26 Å². The van der Waals surface area contributed by atoms with Crippen LogP contribution < -0.4 is 4.46 Å². The van der Waals surface area contributed by atoms with E-state index in [1.54, 1.807) is 7.11 Å². The zero-order chi connectivity index (χ0) is 11.6. The Balaban J connectivity index is 2.52. The summed E-state index contributed by atoms with van der Waals surface area (Å²) in [6.07, 6.45) is 7.87. The quantitative estimate of drug-likeness (QED) is 0.552. The molecule has 0 aromatic heterocycles. The van der Waals surface area contributed by atoms with Gasteiger partial charge < -0.3 is 0 Å². The normalized spacial score (nSPS) is 12.9. The van der Waals surface area contributed by atoms with Crippen molar-refractivity contribution in [3.05, 3.63) is 42.7 Å². The topological polar surface area (TPSA) is 9.23 Å². The predicted molar refractivity (Wildman–Crippen MR) is 71.3 cm³/mol. The Morgan fingerprint density at radius 2 is 2.06 bits per heavy atom. The van der Waals surface area contributed by atoms with Gasteiger partial charge in [0.05, 0.1) is 0 Å². The molecule has 0 saturated heterocycles. The molecule has 1 rings (SSSR count). The van der Waals surface area contributed by atoms with Crippen LogP contribution in [0.4, 0.5) is 0 Å².